The molecule has 2 amide bonds. The first-order chi connectivity index (χ1) is 19.6. The number of rotatable bonds is 9. The maximum absolute atomic E-state index is 15.1. The zero-order valence-corrected chi connectivity index (χ0v) is 22.2. The minimum Gasteiger partial charge on any atom is -0.493 e. The number of methoxy groups -OCH3 is 2. The second-order valence-corrected chi connectivity index (χ2v) is 8.80. The molecule has 4 N–H and O–H groups in total. The van der Waals surface area contributed by atoms with Gasteiger partial charge in [0.2, 0.25) is 5.41 Å². The van der Waals surface area contributed by atoms with Crippen molar-refractivity contribution in [1.82, 2.24) is 4.98 Å². The van der Waals surface area contributed by atoms with Crippen LogP contribution in [0.3, 0.4) is 0 Å². The molecule has 0 aliphatic heterocycles. The van der Waals surface area contributed by atoms with Gasteiger partial charge >= 0.3 is 0 Å². The van der Waals surface area contributed by atoms with Crippen molar-refractivity contribution >= 4 is 39.9 Å². The first kappa shape index (κ1) is 28.6. The van der Waals surface area contributed by atoms with Crippen LogP contribution in [0.4, 0.5) is 26.0 Å². The standard InChI is InChI=1S/C29H25F2N5O5/c1-4-29(15-32,27(37)34-17-7-5-16(30)6-8-17)28(38)35-18-9-10-22(20(31)11-18)41-23-14-26(33)36-21-13-25(40-3)24(39-2)12-19(21)23/h5-14H,4H2,1-3H3,(H2,33,36)(H,34,37)(H,35,38). The Labute approximate surface area is 233 Å². The largest absolute Gasteiger partial charge is 0.493 e. The van der Waals surface area contributed by atoms with E-state index in [1.807, 2.05) is 0 Å². The minimum absolute atomic E-state index is 0.0204. The van der Waals surface area contributed by atoms with Gasteiger partial charge in [0.15, 0.2) is 23.1 Å². The van der Waals surface area contributed by atoms with Gasteiger partial charge in [0, 0.05) is 35.0 Å². The molecule has 10 nitrogen and oxygen atoms in total. The number of amides is 2. The van der Waals surface area contributed by atoms with E-state index in [0.717, 1.165) is 18.2 Å². The fraction of sp³-hybridized carbons (Fsp3) is 0.172. The molecule has 4 aromatic rings. The number of fused-ring (bicyclic) bond motifs is 1. The summed E-state index contributed by atoms with van der Waals surface area (Å²) in [6, 6.07) is 14.8. The number of carbonyl (C=O) groups excluding carboxylic acids is 2. The number of halogens is 2. The van der Waals surface area contributed by atoms with Crippen LogP contribution < -0.4 is 30.6 Å². The highest BCUT2D eigenvalue weighted by atomic mass is 19.1. The van der Waals surface area contributed by atoms with Crippen molar-refractivity contribution in [2.45, 2.75) is 13.3 Å². The van der Waals surface area contributed by atoms with E-state index < -0.39 is 28.9 Å². The van der Waals surface area contributed by atoms with E-state index in [1.54, 1.807) is 18.2 Å². The Balaban J connectivity index is 1.57. The van der Waals surface area contributed by atoms with Crippen LogP contribution in [-0.2, 0) is 9.59 Å². The highest BCUT2D eigenvalue weighted by Crippen LogP contribution is 2.39. The van der Waals surface area contributed by atoms with Crippen LogP contribution in [0.5, 0.6) is 23.0 Å². The Morgan fingerprint density at radius 2 is 1.51 bits per heavy atom. The average Bonchev–Trinajstić information content (AvgIpc) is 2.95. The molecule has 0 aliphatic carbocycles. The third-order valence-corrected chi connectivity index (χ3v) is 6.30. The predicted molar refractivity (Wildman–Crippen MR) is 148 cm³/mol. The lowest BCUT2D eigenvalue weighted by Gasteiger charge is -2.23. The van der Waals surface area contributed by atoms with Crippen LogP contribution in [0, 0.1) is 28.4 Å². The molecule has 0 bridgehead atoms. The molecule has 12 heteroatoms. The summed E-state index contributed by atoms with van der Waals surface area (Å²) < 4.78 is 44.8. The maximum Gasteiger partial charge on any atom is 0.254 e. The molecule has 0 radical (unpaired) electrons. The molecule has 0 aliphatic rings. The van der Waals surface area contributed by atoms with Crippen molar-refractivity contribution in [3.05, 3.63) is 72.3 Å². The SMILES string of the molecule is CCC(C#N)(C(=O)Nc1ccc(F)cc1)C(=O)Nc1ccc(Oc2cc(N)nc3cc(OC)c(OC)cc23)c(F)c1. The van der Waals surface area contributed by atoms with Gasteiger partial charge in [0.25, 0.3) is 11.8 Å². The van der Waals surface area contributed by atoms with Crippen molar-refractivity contribution in [1.29, 1.82) is 5.26 Å². The molecule has 0 fully saturated rings. The quantitative estimate of drug-likeness (QED) is 0.230. The van der Waals surface area contributed by atoms with Crippen molar-refractivity contribution in [2.24, 2.45) is 5.41 Å². The lowest BCUT2D eigenvalue weighted by molar-refractivity contribution is -0.133. The van der Waals surface area contributed by atoms with Crippen LogP contribution >= 0.6 is 0 Å². The fourth-order valence-corrected chi connectivity index (χ4v) is 4.02. The number of nitriles is 1. The summed E-state index contributed by atoms with van der Waals surface area (Å²) in [5, 5.41) is 15.1. The lowest BCUT2D eigenvalue weighted by atomic mass is 9.84. The molecule has 41 heavy (non-hydrogen) atoms. The molecule has 3 aromatic carbocycles. The summed E-state index contributed by atoms with van der Waals surface area (Å²) in [4.78, 5) is 30.3. The van der Waals surface area contributed by atoms with Crippen molar-refractivity contribution in [3.63, 3.8) is 0 Å². The first-order valence-corrected chi connectivity index (χ1v) is 12.2. The summed E-state index contributed by atoms with van der Waals surface area (Å²) in [5.41, 5.74) is 4.38. The number of pyridine rings is 1. The normalized spacial score (nSPS) is 12.1. The molecule has 0 saturated heterocycles. The number of nitrogens with one attached hydrogen (secondary N) is 2. The van der Waals surface area contributed by atoms with Gasteiger partial charge in [0.1, 0.15) is 17.4 Å². The second-order valence-electron chi connectivity index (χ2n) is 8.80. The number of nitrogens with two attached hydrogens (primary N) is 1. The van der Waals surface area contributed by atoms with E-state index in [2.05, 4.69) is 15.6 Å². The van der Waals surface area contributed by atoms with Crippen LogP contribution in [0.15, 0.2) is 60.7 Å². The zero-order valence-electron chi connectivity index (χ0n) is 22.2. The Bertz CT molecular complexity index is 1670. The molecular weight excluding hydrogens is 536 g/mol. The third kappa shape index (κ3) is 5.79. The van der Waals surface area contributed by atoms with Gasteiger partial charge in [0.05, 0.1) is 25.8 Å². The molecule has 1 unspecified atom stereocenters. The first-order valence-electron chi connectivity index (χ1n) is 12.2. The van der Waals surface area contributed by atoms with E-state index in [-0.39, 0.29) is 35.1 Å². The van der Waals surface area contributed by atoms with E-state index in [4.69, 9.17) is 19.9 Å². The number of aromatic nitrogens is 1. The lowest BCUT2D eigenvalue weighted by Crippen LogP contribution is -2.45. The molecule has 1 heterocycles. The van der Waals surface area contributed by atoms with Crippen LogP contribution in [0.1, 0.15) is 13.3 Å². The van der Waals surface area contributed by atoms with Gasteiger partial charge in [-0.05, 0) is 48.9 Å². The zero-order chi connectivity index (χ0) is 29.7. The van der Waals surface area contributed by atoms with Crippen molar-refractivity contribution < 1.29 is 32.6 Å². The molecule has 0 saturated carbocycles. The summed E-state index contributed by atoms with van der Waals surface area (Å²) in [7, 11) is 2.94. The summed E-state index contributed by atoms with van der Waals surface area (Å²) >= 11 is 0. The number of benzene rings is 3. The molecule has 1 atom stereocenters. The molecule has 1 aromatic heterocycles. The van der Waals surface area contributed by atoms with E-state index in [0.29, 0.717) is 22.4 Å². The monoisotopic (exact) mass is 561 g/mol. The Hall–Kier alpha value is -5.44. The molecular formula is C29H25F2N5O5. The summed E-state index contributed by atoms with van der Waals surface area (Å²) in [5.74, 6) is -2.31. The predicted octanol–water partition coefficient (Wildman–Crippen LogP) is 5.40. The average molecular weight is 562 g/mol. The van der Waals surface area contributed by atoms with Gasteiger partial charge in [-0.15, -0.1) is 0 Å². The minimum atomic E-state index is -2.15. The summed E-state index contributed by atoms with van der Waals surface area (Å²) in [6.45, 7) is 1.49. The smallest absolute Gasteiger partial charge is 0.254 e. The number of nitrogens with zero attached hydrogens (tertiary/aromatic N) is 2. The van der Waals surface area contributed by atoms with Gasteiger partial charge in [-0.3, -0.25) is 9.59 Å². The Morgan fingerprint density at radius 1 is 0.902 bits per heavy atom. The maximum atomic E-state index is 15.1. The Morgan fingerprint density at radius 3 is 2.10 bits per heavy atom. The number of nitrogen functional groups attached to an aromatic ring is 1. The van der Waals surface area contributed by atoms with Crippen LogP contribution in [-0.4, -0.2) is 31.0 Å². The highest BCUT2D eigenvalue weighted by molar-refractivity contribution is 6.16. The number of carbonyl (C=O) groups is 2. The molecule has 0 spiro atoms. The topological polar surface area (TPSA) is 149 Å². The third-order valence-electron chi connectivity index (χ3n) is 6.30. The van der Waals surface area contributed by atoms with Crippen LogP contribution in [0.2, 0.25) is 0 Å². The molecule has 210 valence electrons. The molecule has 4 rings (SSSR count). The summed E-state index contributed by atoms with van der Waals surface area (Å²) in [6.07, 6.45) is -0.184. The van der Waals surface area contributed by atoms with Crippen LogP contribution in [0.25, 0.3) is 10.9 Å². The number of ether oxygens (including phenoxy) is 3. The fourth-order valence-electron chi connectivity index (χ4n) is 4.02. The van der Waals surface area contributed by atoms with Gasteiger partial charge in [-0.1, -0.05) is 6.92 Å². The van der Waals surface area contributed by atoms with Crippen molar-refractivity contribution in [2.75, 3.05) is 30.6 Å². The highest BCUT2D eigenvalue weighted by Gasteiger charge is 2.45. The van der Waals surface area contributed by atoms with E-state index in [9.17, 15) is 19.2 Å². The van der Waals surface area contributed by atoms with E-state index in [1.165, 1.54) is 51.5 Å². The van der Waals surface area contributed by atoms with E-state index >= 15 is 4.39 Å². The van der Waals surface area contributed by atoms with Gasteiger partial charge in [-0.2, -0.15) is 5.26 Å². The van der Waals surface area contributed by atoms with Gasteiger partial charge < -0.3 is 30.6 Å². The number of anilines is 3. The number of hydrogen-bond acceptors (Lipinski definition) is 8. The van der Waals surface area contributed by atoms with Crippen molar-refractivity contribution in [3.8, 4) is 29.1 Å². The van der Waals surface area contributed by atoms with Gasteiger partial charge in [-0.25, -0.2) is 13.8 Å². The Kier molecular flexibility index (Phi) is 8.19. The second kappa shape index (κ2) is 11.7. The number of hydrogen-bond donors (Lipinski definition) is 3.